The summed E-state index contributed by atoms with van der Waals surface area (Å²) in [6.45, 7) is 1.64. The van der Waals surface area contributed by atoms with Crippen LogP contribution < -0.4 is 5.32 Å². The molecule has 0 unspecified atom stereocenters. The van der Waals surface area contributed by atoms with Gasteiger partial charge in [0.1, 0.15) is 11.6 Å². The minimum absolute atomic E-state index is 0.0104. The summed E-state index contributed by atoms with van der Waals surface area (Å²) in [5, 5.41) is 2.86. The summed E-state index contributed by atoms with van der Waals surface area (Å²) in [5.41, 5.74) is 1.18. The van der Waals surface area contributed by atoms with E-state index < -0.39 is 23.3 Å². The van der Waals surface area contributed by atoms with E-state index in [4.69, 9.17) is 0 Å². The van der Waals surface area contributed by atoms with Gasteiger partial charge in [0.25, 0.3) is 0 Å². The van der Waals surface area contributed by atoms with E-state index in [9.17, 15) is 17.6 Å². The molecule has 0 aliphatic heterocycles. The number of anilines is 1. The van der Waals surface area contributed by atoms with Crippen molar-refractivity contribution in [1.82, 2.24) is 0 Å². The Kier molecular flexibility index (Phi) is 4.32. The van der Waals surface area contributed by atoms with Crippen LogP contribution in [0.2, 0.25) is 0 Å². The average Bonchev–Trinajstić information content (AvgIpc) is 2.37. The molecule has 0 fully saturated rings. The van der Waals surface area contributed by atoms with Crippen molar-refractivity contribution in [2.45, 2.75) is 13.5 Å². The molecule has 2 rings (SSSR count). The van der Waals surface area contributed by atoms with Crippen molar-refractivity contribution >= 4 is 21.6 Å². The highest BCUT2D eigenvalue weighted by atomic mass is 79.9. The topological polar surface area (TPSA) is 12.0 Å². The molecule has 106 valence electrons. The Morgan fingerprint density at radius 1 is 0.900 bits per heavy atom. The Labute approximate surface area is 121 Å². The number of rotatable bonds is 3. The minimum atomic E-state index is -1.23. The Bertz CT molecular complexity index is 601. The van der Waals surface area contributed by atoms with E-state index in [0.29, 0.717) is 17.3 Å². The molecule has 1 N–H and O–H groups in total. The first-order chi connectivity index (χ1) is 9.38. The van der Waals surface area contributed by atoms with Crippen LogP contribution in [0.25, 0.3) is 0 Å². The van der Waals surface area contributed by atoms with Gasteiger partial charge in [0.2, 0.25) is 0 Å². The zero-order valence-corrected chi connectivity index (χ0v) is 12.0. The SMILES string of the molecule is Cc1cc(F)c(Br)cc1NCc1cc(F)c(F)cc1F. The molecule has 20 heavy (non-hydrogen) atoms. The van der Waals surface area contributed by atoms with Crippen molar-refractivity contribution in [2.75, 3.05) is 5.32 Å². The molecular weight excluding hydrogens is 338 g/mol. The zero-order chi connectivity index (χ0) is 14.9. The van der Waals surface area contributed by atoms with E-state index in [1.165, 1.54) is 12.1 Å². The molecule has 0 amide bonds. The standard InChI is InChI=1S/C14H10BrF4N/c1-7-2-11(17)9(15)4-14(7)20-6-8-3-12(18)13(19)5-10(8)16/h2-5,20H,6H2,1H3. The Morgan fingerprint density at radius 2 is 1.55 bits per heavy atom. The van der Waals surface area contributed by atoms with Gasteiger partial charge in [-0.05, 0) is 46.6 Å². The van der Waals surface area contributed by atoms with Gasteiger partial charge in [-0.1, -0.05) is 0 Å². The van der Waals surface area contributed by atoms with Crippen molar-refractivity contribution in [3.05, 3.63) is 63.1 Å². The minimum Gasteiger partial charge on any atom is -0.381 e. The third-order valence-corrected chi connectivity index (χ3v) is 3.43. The van der Waals surface area contributed by atoms with Gasteiger partial charge in [-0.15, -0.1) is 0 Å². The fraction of sp³-hybridized carbons (Fsp3) is 0.143. The van der Waals surface area contributed by atoms with Crippen LogP contribution in [-0.4, -0.2) is 0 Å². The number of hydrogen-bond acceptors (Lipinski definition) is 1. The van der Waals surface area contributed by atoms with Crippen molar-refractivity contribution in [3.63, 3.8) is 0 Å². The van der Waals surface area contributed by atoms with E-state index in [0.717, 1.165) is 6.07 Å². The van der Waals surface area contributed by atoms with Crippen LogP contribution in [-0.2, 0) is 6.54 Å². The van der Waals surface area contributed by atoms with E-state index in [1.54, 1.807) is 6.92 Å². The number of nitrogens with one attached hydrogen (secondary N) is 1. The summed E-state index contributed by atoms with van der Waals surface area (Å²) in [4.78, 5) is 0. The van der Waals surface area contributed by atoms with Crippen LogP contribution in [0.1, 0.15) is 11.1 Å². The third-order valence-electron chi connectivity index (χ3n) is 2.83. The summed E-state index contributed by atoms with van der Waals surface area (Å²) >= 11 is 3.04. The number of hydrogen-bond donors (Lipinski definition) is 1. The first-order valence-electron chi connectivity index (χ1n) is 5.71. The summed E-state index contributed by atoms with van der Waals surface area (Å²) < 4.78 is 52.8. The van der Waals surface area contributed by atoms with Crippen LogP contribution in [0.5, 0.6) is 0 Å². The maximum absolute atomic E-state index is 13.5. The lowest BCUT2D eigenvalue weighted by Crippen LogP contribution is -2.05. The van der Waals surface area contributed by atoms with Crippen molar-refractivity contribution in [3.8, 4) is 0 Å². The summed E-state index contributed by atoms with van der Waals surface area (Å²) in [6.07, 6.45) is 0. The van der Waals surface area contributed by atoms with Crippen LogP contribution >= 0.6 is 15.9 Å². The van der Waals surface area contributed by atoms with Gasteiger partial charge in [-0.25, -0.2) is 17.6 Å². The highest BCUT2D eigenvalue weighted by Crippen LogP contribution is 2.25. The largest absolute Gasteiger partial charge is 0.381 e. The first-order valence-corrected chi connectivity index (χ1v) is 6.50. The smallest absolute Gasteiger partial charge is 0.161 e. The van der Waals surface area contributed by atoms with Gasteiger partial charge in [-0.3, -0.25) is 0 Å². The van der Waals surface area contributed by atoms with E-state index >= 15 is 0 Å². The molecule has 0 aromatic heterocycles. The molecule has 0 saturated heterocycles. The molecule has 0 aliphatic rings. The normalized spacial score (nSPS) is 10.7. The fourth-order valence-corrected chi connectivity index (χ4v) is 2.07. The maximum Gasteiger partial charge on any atom is 0.161 e. The predicted octanol–water partition coefficient (Wildman–Crippen LogP) is 4.93. The first kappa shape index (κ1) is 14.8. The van der Waals surface area contributed by atoms with Gasteiger partial charge >= 0.3 is 0 Å². The molecule has 0 spiro atoms. The lowest BCUT2D eigenvalue weighted by molar-refractivity contribution is 0.490. The van der Waals surface area contributed by atoms with E-state index in [-0.39, 0.29) is 16.6 Å². The summed E-state index contributed by atoms with van der Waals surface area (Å²) in [7, 11) is 0. The number of aryl methyl sites for hydroxylation is 1. The lowest BCUT2D eigenvalue weighted by atomic mass is 10.1. The second kappa shape index (κ2) is 5.83. The summed E-state index contributed by atoms with van der Waals surface area (Å²) in [6, 6.07) is 4.11. The highest BCUT2D eigenvalue weighted by Gasteiger charge is 2.11. The third kappa shape index (κ3) is 3.12. The van der Waals surface area contributed by atoms with Crippen LogP contribution in [0.3, 0.4) is 0 Å². The number of halogens is 5. The van der Waals surface area contributed by atoms with E-state index in [1.807, 2.05) is 0 Å². The Balaban J connectivity index is 2.21. The van der Waals surface area contributed by atoms with E-state index in [2.05, 4.69) is 21.2 Å². The van der Waals surface area contributed by atoms with Gasteiger partial charge in [0.15, 0.2) is 11.6 Å². The average molecular weight is 348 g/mol. The molecule has 0 bridgehead atoms. The molecule has 0 aliphatic carbocycles. The van der Waals surface area contributed by atoms with Gasteiger partial charge in [0.05, 0.1) is 4.47 Å². The molecule has 2 aromatic carbocycles. The lowest BCUT2D eigenvalue weighted by Gasteiger charge is -2.11. The van der Waals surface area contributed by atoms with Crippen molar-refractivity contribution < 1.29 is 17.6 Å². The van der Waals surface area contributed by atoms with Crippen LogP contribution in [0.4, 0.5) is 23.2 Å². The fourth-order valence-electron chi connectivity index (χ4n) is 1.73. The molecule has 0 heterocycles. The van der Waals surface area contributed by atoms with Crippen molar-refractivity contribution in [1.29, 1.82) is 0 Å². The second-order valence-corrected chi connectivity index (χ2v) is 5.15. The zero-order valence-electron chi connectivity index (χ0n) is 10.4. The highest BCUT2D eigenvalue weighted by molar-refractivity contribution is 9.10. The predicted molar refractivity (Wildman–Crippen MR) is 72.5 cm³/mol. The Morgan fingerprint density at radius 3 is 2.25 bits per heavy atom. The molecule has 0 atom stereocenters. The van der Waals surface area contributed by atoms with Gasteiger partial charge in [-0.2, -0.15) is 0 Å². The Hall–Kier alpha value is -1.56. The van der Waals surface area contributed by atoms with Crippen molar-refractivity contribution in [2.24, 2.45) is 0 Å². The molecule has 0 radical (unpaired) electrons. The molecule has 2 aromatic rings. The molecular formula is C14H10BrF4N. The quantitative estimate of drug-likeness (QED) is 0.613. The van der Waals surface area contributed by atoms with Crippen LogP contribution in [0, 0.1) is 30.2 Å². The van der Waals surface area contributed by atoms with Gasteiger partial charge < -0.3 is 5.32 Å². The summed E-state index contributed by atoms with van der Waals surface area (Å²) in [5.74, 6) is -3.59. The second-order valence-electron chi connectivity index (χ2n) is 4.29. The molecule has 1 nitrogen and oxygen atoms in total. The number of benzene rings is 2. The van der Waals surface area contributed by atoms with Crippen LogP contribution in [0.15, 0.2) is 28.7 Å². The monoisotopic (exact) mass is 347 g/mol. The maximum atomic E-state index is 13.5. The molecule has 0 saturated carbocycles. The van der Waals surface area contributed by atoms with Gasteiger partial charge in [0, 0.05) is 23.9 Å². The molecule has 6 heteroatoms.